The van der Waals surface area contributed by atoms with Crippen LogP contribution < -0.4 is 10.5 Å². The van der Waals surface area contributed by atoms with Crippen LogP contribution >= 0.6 is 11.3 Å². The van der Waals surface area contributed by atoms with Crippen LogP contribution in [0.3, 0.4) is 0 Å². The van der Waals surface area contributed by atoms with Gasteiger partial charge in [-0.1, -0.05) is 47.6 Å². The molecule has 0 saturated carbocycles. The maximum Gasteiger partial charge on any atom is 0.275 e. The van der Waals surface area contributed by atoms with Gasteiger partial charge in [-0.15, -0.1) is 11.3 Å². The summed E-state index contributed by atoms with van der Waals surface area (Å²) in [5.41, 5.74) is 1.72. The van der Waals surface area contributed by atoms with Crippen molar-refractivity contribution in [3.63, 3.8) is 0 Å². The number of tetrazole rings is 1. The summed E-state index contributed by atoms with van der Waals surface area (Å²) >= 11 is 1.63. The zero-order chi connectivity index (χ0) is 22.9. The Balaban J connectivity index is 1.23. The van der Waals surface area contributed by atoms with E-state index < -0.39 is 0 Å². The fraction of sp³-hybridized carbons (Fsp3) is 0.208. The van der Waals surface area contributed by atoms with Crippen molar-refractivity contribution >= 4 is 28.1 Å². The molecule has 0 bridgehead atoms. The average molecular weight is 471 g/mol. The summed E-state index contributed by atoms with van der Waals surface area (Å²) in [6.07, 6.45) is 0. The third-order valence-electron chi connectivity index (χ3n) is 6.07. The second kappa shape index (κ2) is 8.81. The van der Waals surface area contributed by atoms with Crippen molar-refractivity contribution in [2.45, 2.75) is 6.67 Å². The molecule has 3 aromatic heterocycles. The first-order valence-corrected chi connectivity index (χ1v) is 12.0. The van der Waals surface area contributed by atoms with Gasteiger partial charge in [0.1, 0.15) is 5.69 Å². The minimum atomic E-state index is -0.0636. The highest BCUT2D eigenvalue weighted by Gasteiger charge is 2.23. The van der Waals surface area contributed by atoms with Crippen LogP contribution in [0.4, 0.5) is 5.95 Å². The van der Waals surface area contributed by atoms with Crippen molar-refractivity contribution in [2.24, 2.45) is 0 Å². The van der Waals surface area contributed by atoms with Crippen LogP contribution in [0.1, 0.15) is 0 Å². The topological polar surface area (TPSA) is 85.0 Å². The van der Waals surface area contributed by atoms with Crippen molar-refractivity contribution in [3.05, 3.63) is 82.5 Å². The second-order valence-corrected chi connectivity index (χ2v) is 9.10. The molecule has 10 heteroatoms. The summed E-state index contributed by atoms with van der Waals surface area (Å²) in [6.45, 7) is 3.51. The molecule has 0 unspecified atom stereocenters. The fourth-order valence-electron chi connectivity index (χ4n) is 4.32. The minimum Gasteiger partial charge on any atom is -0.337 e. The Kier molecular flexibility index (Phi) is 5.36. The van der Waals surface area contributed by atoms with Crippen LogP contribution in [-0.2, 0) is 6.67 Å². The predicted molar refractivity (Wildman–Crippen MR) is 132 cm³/mol. The molecule has 0 spiro atoms. The SMILES string of the molecule is O=c1c2ccccc2c(-c2cccs2)nn1CN1CCN(c2nnnn2-c2ccccc2)CC1. The number of hydrogen-bond donors (Lipinski definition) is 0. The third kappa shape index (κ3) is 3.76. The molecule has 1 fully saturated rings. The first-order chi connectivity index (χ1) is 16.8. The predicted octanol–water partition coefficient (Wildman–Crippen LogP) is 2.88. The molecule has 0 atom stereocenters. The van der Waals surface area contributed by atoms with Gasteiger partial charge in [0, 0.05) is 31.6 Å². The average Bonchev–Trinajstić information content (AvgIpc) is 3.60. The molecular weight excluding hydrogens is 448 g/mol. The largest absolute Gasteiger partial charge is 0.337 e. The Morgan fingerprint density at radius 3 is 2.38 bits per heavy atom. The van der Waals surface area contributed by atoms with Gasteiger partial charge in [-0.3, -0.25) is 9.69 Å². The Morgan fingerprint density at radius 2 is 1.62 bits per heavy atom. The van der Waals surface area contributed by atoms with Crippen LogP contribution in [0.25, 0.3) is 27.0 Å². The van der Waals surface area contributed by atoms with Crippen LogP contribution in [0.2, 0.25) is 0 Å². The van der Waals surface area contributed by atoms with Crippen molar-refractivity contribution in [1.29, 1.82) is 0 Å². The highest BCUT2D eigenvalue weighted by Crippen LogP contribution is 2.28. The first kappa shape index (κ1) is 20.7. The van der Waals surface area contributed by atoms with E-state index in [1.807, 2.05) is 72.1 Å². The summed E-state index contributed by atoms with van der Waals surface area (Å²) in [6, 6.07) is 21.6. The summed E-state index contributed by atoms with van der Waals surface area (Å²) < 4.78 is 3.36. The van der Waals surface area contributed by atoms with Gasteiger partial charge in [0.05, 0.1) is 22.6 Å². The molecule has 5 aromatic rings. The molecular formula is C24H22N8OS. The van der Waals surface area contributed by atoms with Gasteiger partial charge in [-0.25, -0.2) is 4.68 Å². The molecule has 0 amide bonds. The number of para-hydroxylation sites is 1. The number of hydrogen-bond acceptors (Lipinski definition) is 8. The molecule has 170 valence electrons. The first-order valence-electron chi connectivity index (χ1n) is 11.1. The summed E-state index contributed by atoms with van der Waals surface area (Å²) in [4.78, 5) is 18.7. The van der Waals surface area contributed by atoms with Gasteiger partial charge in [-0.05, 0) is 40.1 Å². The van der Waals surface area contributed by atoms with Crippen molar-refractivity contribution in [3.8, 4) is 16.3 Å². The number of fused-ring (bicyclic) bond motifs is 1. The highest BCUT2D eigenvalue weighted by atomic mass is 32.1. The Labute approximate surface area is 199 Å². The molecule has 34 heavy (non-hydrogen) atoms. The molecule has 1 aliphatic rings. The molecule has 6 rings (SSSR count). The number of anilines is 1. The van der Waals surface area contributed by atoms with Crippen molar-refractivity contribution in [2.75, 3.05) is 31.1 Å². The molecule has 1 aliphatic heterocycles. The van der Waals surface area contributed by atoms with E-state index in [1.54, 1.807) is 20.7 Å². The van der Waals surface area contributed by atoms with Crippen LogP contribution in [0.15, 0.2) is 76.9 Å². The van der Waals surface area contributed by atoms with Gasteiger partial charge < -0.3 is 4.90 Å². The molecule has 0 aliphatic carbocycles. The number of rotatable bonds is 5. The third-order valence-corrected chi connectivity index (χ3v) is 6.94. The number of thiophene rings is 1. The van der Waals surface area contributed by atoms with Crippen molar-refractivity contribution < 1.29 is 0 Å². The zero-order valence-corrected chi connectivity index (χ0v) is 19.2. The van der Waals surface area contributed by atoms with E-state index in [0.29, 0.717) is 12.1 Å². The molecule has 1 saturated heterocycles. The molecule has 4 heterocycles. The van der Waals surface area contributed by atoms with Crippen LogP contribution in [0.5, 0.6) is 0 Å². The maximum atomic E-state index is 13.2. The van der Waals surface area contributed by atoms with Crippen LogP contribution in [-0.4, -0.2) is 61.1 Å². The lowest BCUT2D eigenvalue weighted by molar-refractivity contribution is 0.191. The molecule has 2 aromatic carbocycles. The van der Waals surface area contributed by atoms with Gasteiger partial charge in [0.15, 0.2) is 0 Å². The summed E-state index contributed by atoms with van der Waals surface area (Å²) in [5.74, 6) is 0.729. The van der Waals surface area contributed by atoms with Crippen molar-refractivity contribution in [1.82, 2.24) is 34.9 Å². The molecule has 0 N–H and O–H groups in total. The van der Waals surface area contributed by atoms with Crippen LogP contribution in [0, 0.1) is 0 Å². The van der Waals surface area contributed by atoms with Gasteiger partial charge in [0.25, 0.3) is 5.56 Å². The quantitative estimate of drug-likeness (QED) is 0.390. The highest BCUT2D eigenvalue weighted by molar-refractivity contribution is 7.13. The van der Waals surface area contributed by atoms with E-state index in [4.69, 9.17) is 5.10 Å². The lowest BCUT2D eigenvalue weighted by Crippen LogP contribution is -2.48. The summed E-state index contributed by atoms with van der Waals surface area (Å²) in [7, 11) is 0. The Hall–Kier alpha value is -3.89. The number of aromatic nitrogens is 6. The number of piperazine rings is 1. The standard InChI is InChI=1S/C24H22N8OS/c33-23-20-10-5-4-9-19(20)22(21-11-6-16-34-21)26-31(23)17-29-12-14-30(15-13-29)24-25-27-28-32(24)18-7-2-1-3-8-18/h1-11,16H,12-15,17H2. The summed E-state index contributed by atoms with van der Waals surface area (Å²) in [5, 5.41) is 20.7. The molecule has 0 radical (unpaired) electrons. The number of nitrogens with zero attached hydrogens (tertiary/aromatic N) is 8. The van der Waals surface area contributed by atoms with E-state index in [0.717, 1.165) is 53.8 Å². The van der Waals surface area contributed by atoms with E-state index in [1.165, 1.54) is 0 Å². The Bertz CT molecular complexity index is 1470. The fourth-order valence-corrected chi connectivity index (χ4v) is 5.04. The zero-order valence-electron chi connectivity index (χ0n) is 18.4. The van der Waals surface area contributed by atoms with E-state index >= 15 is 0 Å². The van der Waals surface area contributed by atoms with E-state index in [-0.39, 0.29) is 5.56 Å². The van der Waals surface area contributed by atoms with Gasteiger partial charge in [0.2, 0.25) is 5.95 Å². The lowest BCUT2D eigenvalue weighted by Gasteiger charge is -2.34. The van der Waals surface area contributed by atoms with Gasteiger partial charge >= 0.3 is 0 Å². The number of benzene rings is 2. The minimum absolute atomic E-state index is 0.0636. The van der Waals surface area contributed by atoms with E-state index in [2.05, 4.69) is 25.3 Å². The Morgan fingerprint density at radius 1 is 0.853 bits per heavy atom. The molecule has 9 nitrogen and oxygen atoms in total. The van der Waals surface area contributed by atoms with Gasteiger partial charge in [-0.2, -0.15) is 9.78 Å². The smallest absolute Gasteiger partial charge is 0.275 e. The second-order valence-electron chi connectivity index (χ2n) is 8.15. The van der Waals surface area contributed by atoms with E-state index in [9.17, 15) is 4.79 Å². The lowest BCUT2D eigenvalue weighted by atomic mass is 10.1. The normalized spacial score (nSPS) is 14.6. The monoisotopic (exact) mass is 470 g/mol. The maximum absolute atomic E-state index is 13.2.